The van der Waals surface area contributed by atoms with Crippen LogP contribution in [0.3, 0.4) is 0 Å². The van der Waals surface area contributed by atoms with Gasteiger partial charge in [0.05, 0.1) is 6.21 Å². The van der Waals surface area contributed by atoms with Crippen LogP contribution in [0.4, 0.5) is 4.79 Å². The van der Waals surface area contributed by atoms with E-state index in [4.69, 9.17) is 0 Å². The lowest BCUT2D eigenvalue weighted by Gasteiger charge is -2.20. The Hall–Kier alpha value is -3.41. The lowest BCUT2D eigenvalue weighted by Crippen LogP contribution is -2.44. The molecule has 3 aromatic rings. The van der Waals surface area contributed by atoms with Crippen LogP contribution in [0.5, 0.6) is 0 Å². The maximum absolute atomic E-state index is 12.9. The Morgan fingerprint density at radius 3 is 2.66 bits per heavy atom. The Bertz CT molecular complexity index is 1090. The summed E-state index contributed by atoms with van der Waals surface area (Å²) in [6, 6.07) is 15.5. The summed E-state index contributed by atoms with van der Waals surface area (Å²) in [6.45, 7) is 3.86. The van der Waals surface area contributed by atoms with Crippen LogP contribution in [0.2, 0.25) is 0 Å². The normalized spacial score (nSPS) is 19.4. The van der Waals surface area contributed by atoms with E-state index in [1.54, 1.807) is 13.1 Å². The molecule has 2 N–H and O–H groups in total. The number of aryl methyl sites for hydroxylation is 2. The first-order valence-corrected chi connectivity index (χ1v) is 9.85. The van der Waals surface area contributed by atoms with Crippen molar-refractivity contribution in [3.05, 3.63) is 71.4 Å². The number of aromatic nitrogens is 1. The van der Waals surface area contributed by atoms with Crippen LogP contribution in [0.15, 0.2) is 59.8 Å². The van der Waals surface area contributed by atoms with Gasteiger partial charge in [0.25, 0.3) is 5.91 Å². The van der Waals surface area contributed by atoms with E-state index < -0.39 is 11.6 Å². The third-order valence-electron chi connectivity index (χ3n) is 5.52. The number of carbonyl (C=O) groups is 2. The molecule has 1 atom stereocenters. The van der Waals surface area contributed by atoms with Gasteiger partial charge in [0.2, 0.25) is 0 Å². The highest BCUT2D eigenvalue weighted by Crippen LogP contribution is 2.25. The zero-order valence-electron chi connectivity index (χ0n) is 16.6. The lowest BCUT2D eigenvalue weighted by atomic mass is 9.93. The molecule has 0 saturated carbocycles. The van der Waals surface area contributed by atoms with Crippen LogP contribution in [-0.4, -0.2) is 33.7 Å². The van der Waals surface area contributed by atoms with Gasteiger partial charge in [-0.2, -0.15) is 5.10 Å². The van der Waals surface area contributed by atoms with E-state index >= 15 is 0 Å². The number of para-hydroxylation sites is 1. The minimum Gasteiger partial charge on any atom is -0.360 e. The number of fused-ring (bicyclic) bond motifs is 1. The molecule has 1 aliphatic rings. The molecule has 2 aromatic carbocycles. The largest absolute Gasteiger partial charge is 0.360 e. The molecule has 0 spiro atoms. The highest BCUT2D eigenvalue weighted by molar-refractivity contribution is 6.08. The van der Waals surface area contributed by atoms with Gasteiger partial charge < -0.3 is 10.3 Å². The first kappa shape index (κ1) is 18.9. The molecule has 6 heteroatoms. The molecule has 1 fully saturated rings. The SMILES string of the molecule is CCc1cccc2c(/C=N/N3C(=O)N[C@@](C)(CCc4ccccc4)C3=O)c[nH]c12. The fourth-order valence-electron chi connectivity index (χ4n) is 3.74. The van der Waals surface area contributed by atoms with Crippen molar-refractivity contribution in [2.24, 2.45) is 5.10 Å². The van der Waals surface area contributed by atoms with Crippen LogP contribution >= 0.6 is 0 Å². The molecule has 0 radical (unpaired) electrons. The lowest BCUT2D eigenvalue weighted by molar-refractivity contribution is -0.130. The Morgan fingerprint density at radius 1 is 1.10 bits per heavy atom. The van der Waals surface area contributed by atoms with Gasteiger partial charge in [-0.25, -0.2) is 4.79 Å². The summed E-state index contributed by atoms with van der Waals surface area (Å²) in [5.74, 6) is -0.330. The first-order chi connectivity index (χ1) is 14.0. The average Bonchev–Trinajstić information content (AvgIpc) is 3.24. The second kappa shape index (κ2) is 7.54. The van der Waals surface area contributed by atoms with Crippen molar-refractivity contribution in [2.45, 2.75) is 38.6 Å². The molecule has 3 amide bonds. The summed E-state index contributed by atoms with van der Waals surface area (Å²) in [7, 11) is 0. The third kappa shape index (κ3) is 3.53. The number of aromatic amines is 1. The van der Waals surface area contributed by atoms with Gasteiger partial charge in [-0.05, 0) is 37.3 Å². The molecular formula is C23H24N4O2. The van der Waals surface area contributed by atoms with Crippen LogP contribution < -0.4 is 5.32 Å². The number of urea groups is 1. The molecule has 1 aliphatic heterocycles. The molecule has 2 heterocycles. The van der Waals surface area contributed by atoms with Gasteiger partial charge in [0, 0.05) is 22.7 Å². The van der Waals surface area contributed by atoms with Crippen molar-refractivity contribution in [1.29, 1.82) is 0 Å². The molecule has 1 saturated heterocycles. The number of hydrazone groups is 1. The Kier molecular flexibility index (Phi) is 4.92. The second-order valence-corrected chi connectivity index (χ2v) is 7.55. The summed E-state index contributed by atoms with van der Waals surface area (Å²) in [4.78, 5) is 28.6. The number of nitrogens with zero attached hydrogens (tertiary/aromatic N) is 2. The zero-order valence-corrected chi connectivity index (χ0v) is 16.6. The van der Waals surface area contributed by atoms with E-state index in [0.29, 0.717) is 12.8 Å². The van der Waals surface area contributed by atoms with Crippen LogP contribution in [-0.2, 0) is 17.6 Å². The van der Waals surface area contributed by atoms with Crippen molar-refractivity contribution in [3.8, 4) is 0 Å². The van der Waals surface area contributed by atoms with E-state index in [-0.39, 0.29) is 5.91 Å². The summed E-state index contributed by atoms with van der Waals surface area (Å²) in [5, 5.41) is 8.97. The quantitative estimate of drug-likeness (QED) is 0.494. The van der Waals surface area contributed by atoms with Crippen molar-refractivity contribution in [2.75, 3.05) is 0 Å². The molecule has 148 valence electrons. The van der Waals surface area contributed by atoms with Crippen LogP contribution in [0, 0.1) is 0 Å². The van der Waals surface area contributed by atoms with E-state index in [0.717, 1.165) is 33.5 Å². The maximum atomic E-state index is 12.9. The summed E-state index contributed by atoms with van der Waals surface area (Å²) < 4.78 is 0. The summed E-state index contributed by atoms with van der Waals surface area (Å²) in [6.07, 6.45) is 5.55. The maximum Gasteiger partial charge on any atom is 0.346 e. The van der Waals surface area contributed by atoms with Gasteiger partial charge in [0.15, 0.2) is 0 Å². The van der Waals surface area contributed by atoms with Gasteiger partial charge in [0.1, 0.15) is 5.54 Å². The molecule has 0 bridgehead atoms. The number of hydrogen-bond acceptors (Lipinski definition) is 3. The monoisotopic (exact) mass is 388 g/mol. The predicted molar refractivity (Wildman–Crippen MR) is 114 cm³/mol. The number of imide groups is 1. The molecular weight excluding hydrogens is 364 g/mol. The average molecular weight is 388 g/mol. The van der Waals surface area contributed by atoms with E-state index in [1.807, 2.05) is 48.7 Å². The van der Waals surface area contributed by atoms with Gasteiger partial charge in [-0.15, -0.1) is 5.01 Å². The molecule has 0 aliphatic carbocycles. The minimum atomic E-state index is -0.958. The Balaban J connectivity index is 1.52. The molecule has 0 unspecified atom stereocenters. The Labute approximate surface area is 169 Å². The molecule has 1 aromatic heterocycles. The number of hydrogen-bond donors (Lipinski definition) is 2. The number of rotatable bonds is 6. The molecule has 6 nitrogen and oxygen atoms in total. The predicted octanol–water partition coefficient (Wildman–Crippen LogP) is 4.01. The van der Waals surface area contributed by atoms with E-state index in [9.17, 15) is 9.59 Å². The van der Waals surface area contributed by atoms with Gasteiger partial charge in [-0.1, -0.05) is 55.5 Å². The standard InChI is InChI=1S/C23H24N4O2/c1-3-17-10-7-11-19-18(14-24-20(17)19)15-25-27-21(28)23(2,26-22(27)29)13-12-16-8-5-4-6-9-16/h4-11,14-15,24H,3,12-13H2,1-2H3,(H,26,29)/b25-15+/t23-/m0/s1. The number of carbonyl (C=O) groups excluding carboxylic acids is 2. The fourth-order valence-corrected chi connectivity index (χ4v) is 3.74. The number of benzene rings is 2. The van der Waals surface area contributed by atoms with Gasteiger partial charge in [-0.3, -0.25) is 4.79 Å². The van der Waals surface area contributed by atoms with Crippen molar-refractivity contribution in [1.82, 2.24) is 15.3 Å². The van der Waals surface area contributed by atoms with Crippen molar-refractivity contribution >= 4 is 29.1 Å². The molecule has 4 rings (SSSR count). The van der Waals surface area contributed by atoms with E-state index in [2.05, 4.69) is 28.4 Å². The third-order valence-corrected chi connectivity index (χ3v) is 5.52. The smallest absolute Gasteiger partial charge is 0.346 e. The number of nitrogens with one attached hydrogen (secondary N) is 2. The summed E-state index contributed by atoms with van der Waals surface area (Å²) >= 11 is 0. The van der Waals surface area contributed by atoms with Crippen LogP contribution in [0.1, 0.15) is 37.0 Å². The highest BCUT2D eigenvalue weighted by atomic mass is 16.2. The summed E-state index contributed by atoms with van der Waals surface area (Å²) in [5.41, 5.74) is 3.28. The second-order valence-electron chi connectivity index (χ2n) is 7.55. The van der Waals surface area contributed by atoms with Crippen molar-refractivity contribution < 1.29 is 9.59 Å². The number of amides is 3. The van der Waals surface area contributed by atoms with E-state index in [1.165, 1.54) is 5.56 Å². The zero-order chi connectivity index (χ0) is 20.4. The first-order valence-electron chi connectivity index (χ1n) is 9.85. The number of H-pyrrole nitrogens is 1. The molecule has 29 heavy (non-hydrogen) atoms. The minimum absolute atomic E-state index is 0.330. The van der Waals surface area contributed by atoms with Crippen molar-refractivity contribution in [3.63, 3.8) is 0 Å². The van der Waals surface area contributed by atoms with Gasteiger partial charge >= 0.3 is 6.03 Å². The van der Waals surface area contributed by atoms with Crippen LogP contribution in [0.25, 0.3) is 10.9 Å². The fraction of sp³-hybridized carbons (Fsp3) is 0.261. The Morgan fingerprint density at radius 2 is 1.90 bits per heavy atom. The highest BCUT2D eigenvalue weighted by Gasteiger charge is 2.47. The topological polar surface area (TPSA) is 77.6 Å².